The summed E-state index contributed by atoms with van der Waals surface area (Å²) in [5.41, 5.74) is 11.4. The number of thiophene rings is 2. The molecule has 42 heavy (non-hydrogen) atoms. The molecule has 2 aliphatic rings. The van der Waals surface area contributed by atoms with Gasteiger partial charge in [0.2, 0.25) is 11.8 Å². The van der Waals surface area contributed by atoms with Crippen molar-refractivity contribution in [2.75, 3.05) is 10.6 Å². The molecule has 0 saturated heterocycles. The second-order valence-corrected chi connectivity index (χ2v) is 12.5. The van der Waals surface area contributed by atoms with E-state index in [-0.39, 0.29) is 35.1 Å². The third kappa shape index (κ3) is 7.11. The summed E-state index contributed by atoms with van der Waals surface area (Å²) >= 11 is 8.95. The molecule has 2 saturated carbocycles. The van der Waals surface area contributed by atoms with Crippen molar-refractivity contribution in [2.45, 2.75) is 25.7 Å². The molecular weight excluding hydrogens is 665 g/mol. The molecular formula is C26H24BBrN5O6S3. The van der Waals surface area contributed by atoms with Crippen LogP contribution < -0.4 is 22.1 Å². The van der Waals surface area contributed by atoms with Gasteiger partial charge in [0, 0.05) is 27.3 Å². The summed E-state index contributed by atoms with van der Waals surface area (Å²) in [6.45, 7) is 0. The number of hydrogen-bond acceptors (Lipinski definition) is 10. The van der Waals surface area contributed by atoms with Crippen molar-refractivity contribution in [2.24, 2.45) is 27.6 Å². The third-order valence-corrected chi connectivity index (χ3v) is 9.59. The third-order valence-electron chi connectivity index (χ3n) is 6.31. The Morgan fingerprint density at radius 2 is 1.36 bits per heavy atom. The summed E-state index contributed by atoms with van der Waals surface area (Å²) in [5, 5.41) is 26.9. The van der Waals surface area contributed by atoms with Gasteiger partial charge in [-0.15, -0.1) is 22.7 Å². The number of phenols is 2. The van der Waals surface area contributed by atoms with Crippen molar-refractivity contribution in [3.8, 4) is 11.5 Å². The van der Waals surface area contributed by atoms with Gasteiger partial charge in [0.05, 0.1) is 20.3 Å². The molecule has 4 aromatic rings. The van der Waals surface area contributed by atoms with Crippen molar-refractivity contribution in [3.63, 3.8) is 0 Å². The molecule has 217 valence electrons. The SMILES string of the molecule is NC(=O)c1c(NC(=O)C2CC2)sc2c(Br)c(O)ccc12.NC(=O)c1c(NC(=O)C2CC2)sc2cc(O)ccc12.[B]=NS. The van der Waals surface area contributed by atoms with Crippen LogP contribution in [-0.4, -0.2) is 41.5 Å². The van der Waals surface area contributed by atoms with Crippen LogP contribution in [0, 0.1) is 11.8 Å². The zero-order valence-corrected chi connectivity index (χ0v) is 25.8. The summed E-state index contributed by atoms with van der Waals surface area (Å²) in [7, 11) is 4.34. The van der Waals surface area contributed by atoms with Gasteiger partial charge in [0.25, 0.3) is 11.8 Å². The maximum absolute atomic E-state index is 11.9. The topological polar surface area (TPSA) is 197 Å². The number of anilines is 2. The summed E-state index contributed by atoms with van der Waals surface area (Å²) in [5.74, 6) is -1.04. The molecule has 0 atom stereocenters. The molecule has 2 fully saturated rings. The number of fused-ring (bicyclic) bond motifs is 2. The van der Waals surface area contributed by atoms with Gasteiger partial charge in [-0.1, -0.05) is 0 Å². The Kier molecular flexibility index (Phi) is 9.91. The molecule has 11 nitrogen and oxygen atoms in total. The molecule has 8 N–H and O–H groups in total. The van der Waals surface area contributed by atoms with E-state index in [2.05, 4.69) is 51.3 Å². The number of amides is 4. The molecule has 2 aliphatic carbocycles. The number of hydrogen-bond donors (Lipinski definition) is 7. The first kappa shape index (κ1) is 31.5. The first-order valence-corrected chi connectivity index (χ1v) is 15.2. The van der Waals surface area contributed by atoms with Crippen LogP contribution in [0.4, 0.5) is 10.0 Å². The fraction of sp³-hybridized carbons (Fsp3) is 0.231. The van der Waals surface area contributed by atoms with Crippen LogP contribution in [0.1, 0.15) is 46.4 Å². The number of thiol groups is 1. The van der Waals surface area contributed by atoms with Crippen molar-refractivity contribution < 1.29 is 29.4 Å². The fourth-order valence-corrected chi connectivity index (χ4v) is 6.86. The number of primary amides is 2. The van der Waals surface area contributed by atoms with E-state index >= 15 is 0 Å². The second kappa shape index (κ2) is 13.2. The second-order valence-electron chi connectivity index (χ2n) is 9.44. The zero-order valence-electron chi connectivity index (χ0n) is 21.7. The molecule has 2 heterocycles. The Hall–Kier alpha value is -3.47. The molecule has 0 bridgehead atoms. The molecule has 2 aromatic carbocycles. The van der Waals surface area contributed by atoms with Gasteiger partial charge in [-0.2, -0.15) is 0 Å². The van der Waals surface area contributed by atoms with E-state index < -0.39 is 11.8 Å². The van der Waals surface area contributed by atoms with Crippen LogP contribution in [-0.2, 0) is 9.59 Å². The summed E-state index contributed by atoms with van der Waals surface area (Å²) < 4.78 is 4.60. The number of nitrogens with one attached hydrogen (secondary N) is 2. The Bertz CT molecular complexity index is 1730. The number of nitrogens with zero attached hydrogens (tertiary/aromatic N) is 1. The average Bonchev–Trinajstić information content (AvgIpc) is 3.85. The summed E-state index contributed by atoms with van der Waals surface area (Å²) in [6.07, 6.45) is 3.55. The molecule has 0 spiro atoms. The fourth-order valence-electron chi connectivity index (χ4n) is 3.99. The Morgan fingerprint density at radius 3 is 1.86 bits per heavy atom. The van der Waals surface area contributed by atoms with Gasteiger partial charge in [-0.3, -0.25) is 19.2 Å². The molecule has 6 rings (SSSR count). The number of carbonyl (C=O) groups is 4. The number of phenolic OH excluding ortho intramolecular Hbond substituents is 2. The quantitative estimate of drug-likeness (QED) is 0.109. The first-order valence-electron chi connectivity index (χ1n) is 12.4. The average molecular weight is 689 g/mol. The predicted molar refractivity (Wildman–Crippen MR) is 172 cm³/mol. The molecule has 16 heteroatoms. The van der Waals surface area contributed by atoms with Crippen molar-refractivity contribution in [1.29, 1.82) is 0 Å². The van der Waals surface area contributed by atoms with E-state index in [1.807, 2.05) is 0 Å². The molecule has 4 amide bonds. The van der Waals surface area contributed by atoms with Gasteiger partial charge >= 0.3 is 24.8 Å². The van der Waals surface area contributed by atoms with E-state index in [4.69, 9.17) is 11.5 Å². The van der Waals surface area contributed by atoms with Crippen molar-refractivity contribution in [3.05, 3.63) is 45.9 Å². The molecule has 2 aromatic heterocycles. The van der Waals surface area contributed by atoms with Crippen molar-refractivity contribution >= 4 is 113 Å². The standard InChI is InChI=1S/C13H11BrN2O3S.C13H12N2O3S.BHNS/c14-9-7(17)4-3-6-8(11(15)18)13(20-10(6)9)16-12(19)5-1-2-5;14-11(17)10-8-4-3-7(16)5-9(8)19-13(10)15-12(18)6-1-2-6;1-2-3/h3-5,17H,1-2H2,(H2,15,18)(H,16,19);3-6,16H,1-2H2,(H2,14,17)(H,15,18);3H. The van der Waals surface area contributed by atoms with Gasteiger partial charge < -0.3 is 32.3 Å². The molecule has 0 aliphatic heterocycles. The van der Waals surface area contributed by atoms with Crippen LogP contribution in [0.15, 0.2) is 39.1 Å². The van der Waals surface area contributed by atoms with Crippen LogP contribution >= 0.6 is 51.4 Å². The van der Waals surface area contributed by atoms with Gasteiger partial charge in [0.1, 0.15) is 21.5 Å². The minimum atomic E-state index is -0.597. The van der Waals surface area contributed by atoms with E-state index in [0.717, 1.165) is 30.4 Å². The van der Waals surface area contributed by atoms with E-state index in [0.29, 0.717) is 41.1 Å². The summed E-state index contributed by atoms with van der Waals surface area (Å²) in [4.78, 5) is 46.9. The number of carbonyl (C=O) groups excluding carboxylic acids is 4. The Morgan fingerprint density at radius 1 is 0.881 bits per heavy atom. The molecule has 0 unspecified atom stereocenters. The number of halogens is 1. The van der Waals surface area contributed by atoms with Gasteiger partial charge in [0.15, 0.2) is 0 Å². The Balaban J connectivity index is 0.000000177. The number of nitrogens with two attached hydrogens (primary N) is 2. The number of aromatic hydroxyl groups is 2. The van der Waals surface area contributed by atoms with E-state index in [1.54, 1.807) is 18.2 Å². The maximum atomic E-state index is 11.9. The van der Waals surface area contributed by atoms with E-state index in [9.17, 15) is 29.4 Å². The van der Waals surface area contributed by atoms with Crippen LogP contribution in [0.25, 0.3) is 20.2 Å². The van der Waals surface area contributed by atoms with E-state index in [1.165, 1.54) is 34.8 Å². The van der Waals surface area contributed by atoms with Gasteiger partial charge in [-0.25, -0.2) is 0 Å². The number of rotatable bonds is 6. The van der Waals surface area contributed by atoms with Crippen LogP contribution in [0.2, 0.25) is 0 Å². The Labute approximate surface area is 262 Å². The predicted octanol–water partition coefficient (Wildman–Crippen LogP) is 5.05. The van der Waals surface area contributed by atoms with Gasteiger partial charge in [-0.05, 0) is 71.9 Å². The first-order chi connectivity index (χ1) is 20.0. The molecule has 1 radical (unpaired) electrons. The zero-order chi connectivity index (χ0) is 30.7. The van der Waals surface area contributed by atoms with Crippen LogP contribution in [0.3, 0.4) is 0 Å². The van der Waals surface area contributed by atoms with Crippen LogP contribution in [0.5, 0.6) is 11.5 Å². The number of benzene rings is 2. The monoisotopic (exact) mass is 688 g/mol. The minimum absolute atomic E-state index is 0.0396. The normalized spacial score (nSPS) is 13.7. The van der Waals surface area contributed by atoms with Crippen molar-refractivity contribution in [1.82, 2.24) is 0 Å². The summed E-state index contributed by atoms with van der Waals surface area (Å²) in [6, 6.07) is 7.79.